The van der Waals surface area contributed by atoms with Crippen LogP contribution in [0.15, 0.2) is 0 Å². The molecule has 1 atom stereocenters. The number of carboxylic acid groups (broad SMARTS) is 1. The van der Waals surface area contributed by atoms with Gasteiger partial charge in [-0.2, -0.15) is 0 Å². The summed E-state index contributed by atoms with van der Waals surface area (Å²) in [6, 6.07) is -0.750. The van der Waals surface area contributed by atoms with Crippen molar-refractivity contribution in [3.05, 3.63) is 0 Å². The third-order valence-electron chi connectivity index (χ3n) is 2.29. The van der Waals surface area contributed by atoms with Gasteiger partial charge in [-0.05, 0) is 24.7 Å². The van der Waals surface area contributed by atoms with Crippen LogP contribution in [0, 0.1) is 11.8 Å². The number of hydrogen-bond acceptors (Lipinski definition) is 2. The Balaban J connectivity index is 4.08. The fourth-order valence-corrected chi connectivity index (χ4v) is 1.38. The number of carboxylic acids is 1. The van der Waals surface area contributed by atoms with Crippen LogP contribution in [-0.2, 0) is 9.59 Å². The zero-order valence-corrected chi connectivity index (χ0v) is 10.6. The third-order valence-corrected chi connectivity index (χ3v) is 2.29. The molecule has 0 aromatic heterocycles. The van der Waals surface area contributed by atoms with Crippen molar-refractivity contribution < 1.29 is 14.7 Å². The molecule has 0 aliphatic heterocycles. The Morgan fingerprint density at radius 3 is 2.06 bits per heavy atom. The topological polar surface area (TPSA) is 66.4 Å². The van der Waals surface area contributed by atoms with E-state index in [1.54, 1.807) is 0 Å². The van der Waals surface area contributed by atoms with Crippen molar-refractivity contribution >= 4 is 11.9 Å². The molecule has 4 heteroatoms. The molecule has 0 spiro atoms. The standard InChI is InChI=1S/C12H23NO3/c1-8(2)5-6-11(14)13-10(12(15)16)7-9(3)4/h8-10H,5-7H2,1-4H3,(H,13,14)(H,15,16). The number of amides is 1. The summed E-state index contributed by atoms with van der Waals surface area (Å²) in [5.41, 5.74) is 0. The quantitative estimate of drug-likeness (QED) is 0.702. The first-order chi connectivity index (χ1) is 7.32. The Hall–Kier alpha value is -1.06. The summed E-state index contributed by atoms with van der Waals surface area (Å²) in [5.74, 6) is -0.404. The summed E-state index contributed by atoms with van der Waals surface area (Å²) in [7, 11) is 0. The molecule has 2 N–H and O–H groups in total. The van der Waals surface area contributed by atoms with Gasteiger partial charge >= 0.3 is 5.97 Å². The molecular weight excluding hydrogens is 206 g/mol. The van der Waals surface area contributed by atoms with Crippen molar-refractivity contribution in [2.24, 2.45) is 11.8 Å². The average molecular weight is 229 g/mol. The van der Waals surface area contributed by atoms with Crippen LogP contribution in [-0.4, -0.2) is 23.0 Å². The van der Waals surface area contributed by atoms with Gasteiger partial charge < -0.3 is 10.4 Å². The van der Waals surface area contributed by atoms with Crippen molar-refractivity contribution in [1.29, 1.82) is 0 Å². The molecule has 94 valence electrons. The van der Waals surface area contributed by atoms with Crippen LogP contribution in [0.2, 0.25) is 0 Å². The fraction of sp³-hybridized carbons (Fsp3) is 0.833. The van der Waals surface area contributed by atoms with E-state index in [2.05, 4.69) is 5.32 Å². The van der Waals surface area contributed by atoms with Crippen molar-refractivity contribution in [2.45, 2.75) is 53.0 Å². The summed E-state index contributed by atoms with van der Waals surface area (Å²) in [6.45, 7) is 7.96. The molecule has 0 bridgehead atoms. The van der Waals surface area contributed by atoms with E-state index in [4.69, 9.17) is 5.11 Å². The lowest BCUT2D eigenvalue weighted by Crippen LogP contribution is -2.41. The summed E-state index contributed by atoms with van der Waals surface area (Å²) in [5, 5.41) is 11.5. The molecule has 0 radical (unpaired) electrons. The van der Waals surface area contributed by atoms with E-state index in [1.165, 1.54) is 0 Å². The normalized spacial score (nSPS) is 12.9. The highest BCUT2D eigenvalue weighted by atomic mass is 16.4. The van der Waals surface area contributed by atoms with E-state index >= 15 is 0 Å². The summed E-state index contributed by atoms with van der Waals surface area (Å²) < 4.78 is 0. The molecule has 0 heterocycles. The van der Waals surface area contributed by atoms with E-state index in [0.29, 0.717) is 18.8 Å². The van der Waals surface area contributed by atoms with Crippen molar-refractivity contribution in [3.8, 4) is 0 Å². The van der Waals surface area contributed by atoms with Gasteiger partial charge in [-0.3, -0.25) is 4.79 Å². The first kappa shape index (κ1) is 14.9. The lowest BCUT2D eigenvalue weighted by atomic mass is 10.0. The van der Waals surface area contributed by atoms with Crippen LogP contribution in [0.1, 0.15) is 47.0 Å². The Morgan fingerprint density at radius 1 is 1.12 bits per heavy atom. The molecule has 4 nitrogen and oxygen atoms in total. The fourth-order valence-electron chi connectivity index (χ4n) is 1.38. The third kappa shape index (κ3) is 7.26. The molecule has 0 saturated carbocycles. The lowest BCUT2D eigenvalue weighted by Gasteiger charge is -2.16. The highest BCUT2D eigenvalue weighted by Crippen LogP contribution is 2.07. The molecule has 1 unspecified atom stereocenters. The Labute approximate surface area is 97.4 Å². The van der Waals surface area contributed by atoms with Crippen LogP contribution >= 0.6 is 0 Å². The summed E-state index contributed by atoms with van der Waals surface area (Å²) in [4.78, 5) is 22.4. The maximum atomic E-state index is 11.5. The first-order valence-corrected chi connectivity index (χ1v) is 5.85. The van der Waals surface area contributed by atoms with Gasteiger partial charge in [0.2, 0.25) is 5.91 Å². The smallest absolute Gasteiger partial charge is 0.326 e. The summed E-state index contributed by atoms with van der Waals surface area (Å²) in [6.07, 6.45) is 1.67. The Morgan fingerprint density at radius 2 is 1.69 bits per heavy atom. The minimum Gasteiger partial charge on any atom is -0.480 e. The Bertz CT molecular complexity index is 236. The molecule has 0 rings (SSSR count). The maximum absolute atomic E-state index is 11.5. The van der Waals surface area contributed by atoms with Crippen LogP contribution in [0.25, 0.3) is 0 Å². The molecule has 16 heavy (non-hydrogen) atoms. The molecule has 0 aliphatic rings. The number of carbonyl (C=O) groups excluding carboxylic acids is 1. The minimum atomic E-state index is -0.952. The van der Waals surface area contributed by atoms with Crippen LogP contribution in [0.3, 0.4) is 0 Å². The maximum Gasteiger partial charge on any atom is 0.326 e. The van der Waals surface area contributed by atoms with Gasteiger partial charge in [-0.25, -0.2) is 4.79 Å². The highest BCUT2D eigenvalue weighted by Gasteiger charge is 2.20. The molecule has 0 aromatic carbocycles. The number of hydrogen-bond donors (Lipinski definition) is 2. The van der Waals surface area contributed by atoms with E-state index in [1.807, 2.05) is 27.7 Å². The summed E-state index contributed by atoms with van der Waals surface area (Å²) >= 11 is 0. The average Bonchev–Trinajstić information content (AvgIpc) is 2.12. The molecule has 0 aliphatic carbocycles. The number of rotatable bonds is 7. The van der Waals surface area contributed by atoms with Crippen LogP contribution in [0.5, 0.6) is 0 Å². The van der Waals surface area contributed by atoms with Gasteiger partial charge in [0, 0.05) is 6.42 Å². The number of carbonyl (C=O) groups is 2. The second kappa shape index (κ2) is 7.25. The molecule has 1 amide bonds. The second-order valence-corrected chi connectivity index (χ2v) is 5.02. The molecule has 0 saturated heterocycles. The van der Waals surface area contributed by atoms with E-state index in [0.717, 1.165) is 6.42 Å². The van der Waals surface area contributed by atoms with Gasteiger partial charge in [0.25, 0.3) is 0 Å². The molecular formula is C12H23NO3. The van der Waals surface area contributed by atoms with E-state index in [-0.39, 0.29) is 11.8 Å². The van der Waals surface area contributed by atoms with Gasteiger partial charge in [0.05, 0.1) is 0 Å². The molecule has 0 fully saturated rings. The predicted octanol–water partition coefficient (Wildman–Crippen LogP) is 2.04. The highest BCUT2D eigenvalue weighted by molar-refractivity contribution is 5.83. The largest absolute Gasteiger partial charge is 0.480 e. The SMILES string of the molecule is CC(C)CCC(=O)NC(CC(C)C)C(=O)O. The molecule has 0 aromatic rings. The van der Waals surface area contributed by atoms with Gasteiger partial charge in [0.15, 0.2) is 0 Å². The Kier molecular flexibility index (Phi) is 6.77. The van der Waals surface area contributed by atoms with E-state index in [9.17, 15) is 9.59 Å². The van der Waals surface area contributed by atoms with Crippen molar-refractivity contribution in [1.82, 2.24) is 5.32 Å². The van der Waals surface area contributed by atoms with Gasteiger partial charge in [-0.1, -0.05) is 27.7 Å². The zero-order chi connectivity index (χ0) is 12.7. The second-order valence-electron chi connectivity index (χ2n) is 5.02. The van der Waals surface area contributed by atoms with Crippen LogP contribution in [0.4, 0.5) is 0 Å². The minimum absolute atomic E-state index is 0.165. The van der Waals surface area contributed by atoms with Crippen LogP contribution < -0.4 is 5.32 Å². The van der Waals surface area contributed by atoms with Gasteiger partial charge in [-0.15, -0.1) is 0 Å². The lowest BCUT2D eigenvalue weighted by molar-refractivity contribution is -0.142. The first-order valence-electron chi connectivity index (χ1n) is 5.85. The van der Waals surface area contributed by atoms with Crippen molar-refractivity contribution in [2.75, 3.05) is 0 Å². The monoisotopic (exact) mass is 229 g/mol. The van der Waals surface area contributed by atoms with Crippen molar-refractivity contribution in [3.63, 3.8) is 0 Å². The number of aliphatic carboxylic acids is 1. The van der Waals surface area contributed by atoms with Gasteiger partial charge in [0.1, 0.15) is 6.04 Å². The zero-order valence-electron chi connectivity index (χ0n) is 10.6. The predicted molar refractivity (Wildman–Crippen MR) is 63.1 cm³/mol. The van der Waals surface area contributed by atoms with E-state index < -0.39 is 12.0 Å². The number of nitrogens with one attached hydrogen (secondary N) is 1.